The van der Waals surface area contributed by atoms with Crippen LogP contribution < -0.4 is 5.32 Å². The Morgan fingerprint density at radius 2 is 2.22 bits per heavy atom. The van der Waals surface area contributed by atoms with Crippen molar-refractivity contribution in [2.75, 3.05) is 7.05 Å². The molecule has 0 radical (unpaired) electrons. The molecule has 96 valence electrons. The van der Waals surface area contributed by atoms with Gasteiger partial charge in [-0.15, -0.1) is 0 Å². The molecule has 18 heavy (non-hydrogen) atoms. The van der Waals surface area contributed by atoms with Crippen molar-refractivity contribution in [3.8, 4) is 0 Å². The lowest BCUT2D eigenvalue weighted by Gasteiger charge is -2.13. The first-order chi connectivity index (χ1) is 8.76. The van der Waals surface area contributed by atoms with Gasteiger partial charge in [0.15, 0.2) is 0 Å². The predicted molar refractivity (Wildman–Crippen MR) is 71.3 cm³/mol. The minimum atomic E-state index is 0.523. The van der Waals surface area contributed by atoms with Gasteiger partial charge in [-0.2, -0.15) is 5.10 Å². The Hall–Kier alpha value is -1.55. The minimum absolute atomic E-state index is 0.523. The molecule has 0 aliphatic heterocycles. The van der Waals surface area contributed by atoms with Crippen molar-refractivity contribution < 1.29 is 0 Å². The molecule has 0 aromatic carbocycles. The lowest BCUT2D eigenvalue weighted by atomic mass is 10.1. The molecule has 2 aromatic rings. The maximum atomic E-state index is 4.41. The standard InChI is InChI=1S/C14H20N4/c1-15-14(11-3-4-11)12-5-8-18(9-12)10-13-6-7-17(2)16-13/h5-9,11,14-15H,3-4,10H2,1-2H3. The summed E-state index contributed by atoms with van der Waals surface area (Å²) in [6.07, 6.45) is 9.10. The smallest absolute Gasteiger partial charge is 0.0821 e. The number of nitrogens with zero attached hydrogens (tertiary/aromatic N) is 3. The highest BCUT2D eigenvalue weighted by Crippen LogP contribution is 2.40. The molecule has 1 atom stereocenters. The van der Waals surface area contributed by atoms with Crippen LogP contribution in [-0.2, 0) is 13.6 Å². The lowest BCUT2D eigenvalue weighted by Crippen LogP contribution is -2.17. The average Bonchev–Trinajstić information content (AvgIpc) is 2.94. The topological polar surface area (TPSA) is 34.8 Å². The fraction of sp³-hybridized carbons (Fsp3) is 0.500. The van der Waals surface area contributed by atoms with Gasteiger partial charge in [0.2, 0.25) is 0 Å². The molecule has 2 heterocycles. The van der Waals surface area contributed by atoms with E-state index in [0.29, 0.717) is 6.04 Å². The van der Waals surface area contributed by atoms with Crippen LogP contribution in [0.4, 0.5) is 0 Å². The van der Waals surface area contributed by atoms with Crippen molar-refractivity contribution in [1.29, 1.82) is 0 Å². The molecular weight excluding hydrogens is 224 g/mol. The molecule has 3 rings (SSSR count). The van der Waals surface area contributed by atoms with E-state index in [1.54, 1.807) is 0 Å². The first kappa shape index (κ1) is 11.5. The Bertz CT molecular complexity index is 521. The molecule has 0 saturated heterocycles. The third kappa shape index (κ3) is 2.34. The first-order valence-corrected chi connectivity index (χ1v) is 6.58. The van der Waals surface area contributed by atoms with Crippen LogP contribution in [0, 0.1) is 5.92 Å². The quantitative estimate of drug-likeness (QED) is 0.872. The number of aromatic nitrogens is 3. The van der Waals surface area contributed by atoms with E-state index in [2.05, 4.69) is 46.6 Å². The van der Waals surface area contributed by atoms with Crippen LogP contribution >= 0.6 is 0 Å². The summed E-state index contributed by atoms with van der Waals surface area (Å²) in [7, 11) is 4.01. The van der Waals surface area contributed by atoms with Gasteiger partial charge in [0.05, 0.1) is 12.2 Å². The molecular formula is C14H20N4. The second-order valence-electron chi connectivity index (χ2n) is 5.20. The van der Waals surface area contributed by atoms with Crippen LogP contribution in [0.3, 0.4) is 0 Å². The summed E-state index contributed by atoms with van der Waals surface area (Å²) in [5, 5.41) is 7.84. The first-order valence-electron chi connectivity index (χ1n) is 6.58. The predicted octanol–water partition coefficient (Wildman–Crippen LogP) is 1.94. The number of hydrogen-bond acceptors (Lipinski definition) is 2. The second-order valence-corrected chi connectivity index (χ2v) is 5.20. The van der Waals surface area contributed by atoms with Crippen molar-refractivity contribution in [1.82, 2.24) is 19.7 Å². The summed E-state index contributed by atoms with van der Waals surface area (Å²) >= 11 is 0. The Morgan fingerprint density at radius 1 is 1.39 bits per heavy atom. The third-order valence-corrected chi connectivity index (χ3v) is 3.65. The van der Waals surface area contributed by atoms with Crippen molar-refractivity contribution >= 4 is 0 Å². The van der Waals surface area contributed by atoms with Gasteiger partial charge in [0, 0.05) is 31.7 Å². The number of aryl methyl sites for hydroxylation is 1. The highest BCUT2D eigenvalue weighted by molar-refractivity contribution is 5.19. The van der Waals surface area contributed by atoms with Gasteiger partial charge in [0.25, 0.3) is 0 Å². The van der Waals surface area contributed by atoms with Crippen molar-refractivity contribution in [3.63, 3.8) is 0 Å². The Kier molecular flexibility index (Phi) is 2.96. The minimum Gasteiger partial charge on any atom is -0.348 e. The Balaban J connectivity index is 1.72. The van der Waals surface area contributed by atoms with Gasteiger partial charge in [0.1, 0.15) is 0 Å². The van der Waals surface area contributed by atoms with E-state index in [9.17, 15) is 0 Å². The normalized spacial score (nSPS) is 17.0. The maximum absolute atomic E-state index is 4.41. The van der Waals surface area contributed by atoms with Crippen molar-refractivity contribution in [2.45, 2.75) is 25.4 Å². The van der Waals surface area contributed by atoms with E-state index >= 15 is 0 Å². The molecule has 1 saturated carbocycles. The van der Waals surface area contributed by atoms with E-state index in [4.69, 9.17) is 0 Å². The molecule has 2 aromatic heterocycles. The van der Waals surface area contributed by atoms with E-state index < -0.39 is 0 Å². The van der Waals surface area contributed by atoms with E-state index in [1.165, 1.54) is 18.4 Å². The Labute approximate surface area is 108 Å². The fourth-order valence-electron chi connectivity index (χ4n) is 2.58. The molecule has 1 fully saturated rings. The molecule has 1 aliphatic rings. The van der Waals surface area contributed by atoms with Crippen LogP contribution in [0.1, 0.15) is 30.1 Å². The number of nitrogens with one attached hydrogen (secondary N) is 1. The third-order valence-electron chi connectivity index (χ3n) is 3.65. The molecule has 1 aliphatic carbocycles. The monoisotopic (exact) mass is 244 g/mol. The van der Waals surface area contributed by atoms with Crippen LogP contribution in [-0.4, -0.2) is 21.4 Å². The average molecular weight is 244 g/mol. The van der Waals surface area contributed by atoms with E-state index in [0.717, 1.165) is 18.2 Å². The molecule has 1 unspecified atom stereocenters. The van der Waals surface area contributed by atoms with Crippen LogP contribution in [0.25, 0.3) is 0 Å². The van der Waals surface area contributed by atoms with Crippen LogP contribution in [0.15, 0.2) is 30.7 Å². The highest BCUT2D eigenvalue weighted by Gasteiger charge is 2.31. The fourth-order valence-corrected chi connectivity index (χ4v) is 2.58. The molecule has 4 nitrogen and oxygen atoms in total. The molecule has 4 heteroatoms. The van der Waals surface area contributed by atoms with Gasteiger partial charge in [-0.05, 0) is 43.5 Å². The SMILES string of the molecule is CNC(c1ccn(Cc2ccn(C)n2)c1)C1CC1. The summed E-state index contributed by atoms with van der Waals surface area (Å²) < 4.78 is 4.06. The zero-order valence-electron chi connectivity index (χ0n) is 11.0. The highest BCUT2D eigenvalue weighted by atomic mass is 15.3. The van der Waals surface area contributed by atoms with Gasteiger partial charge in [-0.3, -0.25) is 4.68 Å². The summed E-state index contributed by atoms with van der Waals surface area (Å²) in [4.78, 5) is 0. The van der Waals surface area contributed by atoms with Gasteiger partial charge in [-0.1, -0.05) is 0 Å². The van der Waals surface area contributed by atoms with Crippen molar-refractivity contribution in [3.05, 3.63) is 42.0 Å². The molecule has 0 spiro atoms. The molecule has 0 amide bonds. The van der Waals surface area contributed by atoms with Gasteiger partial charge < -0.3 is 9.88 Å². The van der Waals surface area contributed by atoms with E-state index in [-0.39, 0.29) is 0 Å². The molecule has 1 N–H and O–H groups in total. The zero-order valence-corrected chi connectivity index (χ0v) is 11.0. The maximum Gasteiger partial charge on any atom is 0.0821 e. The summed E-state index contributed by atoms with van der Waals surface area (Å²) in [6, 6.07) is 4.81. The summed E-state index contributed by atoms with van der Waals surface area (Å²) in [6.45, 7) is 0.849. The Morgan fingerprint density at radius 3 is 2.83 bits per heavy atom. The summed E-state index contributed by atoms with van der Waals surface area (Å²) in [5.74, 6) is 0.834. The number of rotatable bonds is 5. The second kappa shape index (κ2) is 4.61. The summed E-state index contributed by atoms with van der Waals surface area (Å²) in [5.41, 5.74) is 2.50. The zero-order chi connectivity index (χ0) is 12.5. The lowest BCUT2D eigenvalue weighted by molar-refractivity contribution is 0.528. The number of hydrogen-bond donors (Lipinski definition) is 1. The molecule has 0 bridgehead atoms. The van der Waals surface area contributed by atoms with E-state index in [1.807, 2.05) is 17.9 Å². The van der Waals surface area contributed by atoms with Crippen LogP contribution in [0.2, 0.25) is 0 Å². The van der Waals surface area contributed by atoms with Gasteiger partial charge >= 0.3 is 0 Å². The van der Waals surface area contributed by atoms with Crippen LogP contribution in [0.5, 0.6) is 0 Å². The van der Waals surface area contributed by atoms with Gasteiger partial charge in [-0.25, -0.2) is 0 Å². The largest absolute Gasteiger partial charge is 0.348 e. The van der Waals surface area contributed by atoms with Crippen molar-refractivity contribution in [2.24, 2.45) is 13.0 Å².